The van der Waals surface area contributed by atoms with Gasteiger partial charge in [-0.1, -0.05) is 0 Å². The molecule has 1 aliphatic carbocycles. The second-order valence-corrected chi connectivity index (χ2v) is 4.86. The third-order valence-corrected chi connectivity index (χ3v) is 3.11. The molecule has 0 unspecified atom stereocenters. The molecule has 1 fully saturated rings. The zero-order chi connectivity index (χ0) is 15.5. The quantitative estimate of drug-likeness (QED) is 0.672. The number of aromatic nitrogens is 2. The minimum atomic E-state index is -0.486. The number of carbonyl (C=O) groups excluding carboxylic acids is 1. The lowest BCUT2D eigenvalue weighted by Gasteiger charge is -2.06. The minimum Gasteiger partial charge on any atom is -0.439 e. The smallest absolute Gasteiger partial charge is 0.269 e. The average Bonchev–Trinajstić information content (AvgIpc) is 3.33. The predicted molar refractivity (Wildman–Crippen MR) is 78.7 cm³/mol. The first-order valence-corrected chi connectivity index (χ1v) is 6.67. The number of anilines is 1. The summed E-state index contributed by atoms with van der Waals surface area (Å²) in [7, 11) is 0. The molecule has 8 nitrogen and oxygen atoms in total. The number of amides is 1. The van der Waals surface area contributed by atoms with Crippen LogP contribution >= 0.6 is 0 Å². The van der Waals surface area contributed by atoms with Gasteiger partial charge in [0.1, 0.15) is 17.9 Å². The van der Waals surface area contributed by atoms with E-state index in [1.165, 1.54) is 36.7 Å². The van der Waals surface area contributed by atoms with Gasteiger partial charge in [0.05, 0.1) is 4.92 Å². The number of benzene rings is 1. The fourth-order valence-electron chi connectivity index (χ4n) is 1.79. The van der Waals surface area contributed by atoms with Gasteiger partial charge in [0.2, 0.25) is 11.8 Å². The van der Waals surface area contributed by atoms with E-state index in [1.54, 1.807) is 0 Å². The number of nitrogens with one attached hydrogen (secondary N) is 1. The summed E-state index contributed by atoms with van der Waals surface area (Å²) in [5.74, 6) is 1.04. The second kappa shape index (κ2) is 5.76. The fourth-order valence-corrected chi connectivity index (χ4v) is 1.79. The Bertz CT molecular complexity index is 719. The van der Waals surface area contributed by atoms with Crippen molar-refractivity contribution in [1.82, 2.24) is 9.97 Å². The molecule has 0 saturated heterocycles. The van der Waals surface area contributed by atoms with Gasteiger partial charge in [0.25, 0.3) is 5.69 Å². The van der Waals surface area contributed by atoms with Crippen LogP contribution in [0.2, 0.25) is 0 Å². The highest BCUT2D eigenvalue weighted by atomic mass is 16.6. The molecule has 1 heterocycles. The van der Waals surface area contributed by atoms with Crippen molar-refractivity contribution in [2.24, 2.45) is 5.92 Å². The van der Waals surface area contributed by atoms with Gasteiger partial charge in [-0.15, -0.1) is 0 Å². The lowest BCUT2D eigenvalue weighted by Crippen LogP contribution is -2.14. The molecule has 2 aromatic rings. The summed E-state index contributed by atoms with van der Waals surface area (Å²) in [6, 6.07) is 7.13. The molecule has 0 spiro atoms. The summed E-state index contributed by atoms with van der Waals surface area (Å²) in [5.41, 5.74) is -0.0209. The summed E-state index contributed by atoms with van der Waals surface area (Å²) >= 11 is 0. The van der Waals surface area contributed by atoms with Crippen molar-refractivity contribution in [1.29, 1.82) is 0 Å². The Morgan fingerprint density at radius 3 is 2.68 bits per heavy atom. The maximum Gasteiger partial charge on any atom is 0.269 e. The highest BCUT2D eigenvalue weighted by Gasteiger charge is 2.29. The Labute approximate surface area is 126 Å². The monoisotopic (exact) mass is 302 g/mol. The summed E-state index contributed by atoms with van der Waals surface area (Å²) in [5, 5.41) is 13.3. The number of hydrogen-bond donors (Lipinski definition) is 1. The van der Waals surface area contributed by atoms with Gasteiger partial charge in [0.15, 0.2) is 0 Å². The standard InChI is InChI=1S/C14H12N4O4.H2/c19-14(9-1-2-9)17-12-7-13(16-8-15-12)22-11-5-3-10(4-6-11)18(20)21;/h3-9H,1-2H2,(H,15,16,17,19);1H. The predicted octanol–water partition coefficient (Wildman–Crippen LogP) is 2.77. The number of hydrogen-bond acceptors (Lipinski definition) is 6. The van der Waals surface area contributed by atoms with Crippen LogP contribution in [-0.4, -0.2) is 20.8 Å². The first-order valence-electron chi connectivity index (χ1n) is 6.67. The van der Waals surface area contributed by atoms with E-state index < -0.39 is 4.92 Å². The Hall–Kier alpha value is -3.03. The summed E-state index contributed by atoms with van der Waals surface area (Å²) in [4.78, 5) is 29.7. The molecule has 0 radical (unpaired) electrons. The van der Waals surface area contributed by atoms with Gasteiger partial charge in [-0.25, -0.2) is 9.97 Å². The topological polar surface area (TPSA) is 107 Å². The van der Waals surface area contributed by atoms with E-state index in [0.29, 0.717) is 11.6 Å². The van der Waals surface area contributed by atoms with Crippen molar-refractivity contribution < 1.29 is 15.9 Å². The molecule has 1 saturated carbocycles. The van der Waals surface area contributed by atoms with Gasteiger partial charge < -0.3 is 10.1 Å². The summed E-state index contributed by atoms with van der Waals surface area (Å²) in [6.07, 6.45) is 3.09. The second-order valence-electron chi connectivity index (χ2n) is 4.86. The molecule has 22 heavy (non-hydrogen) atoms. The van der Waals surface area contributed by atoms with E-state index in [9.17, 15) is 14.9 Å². The van der Waals surface area contributed by atoms with E-state index >= 15 is 0 Å². The molecule has 0 aliphatic heterocycles. The van der Waals surface area contributed by atoms with Gasteiger partial charge in [-0.05, 0) is 25.0 Å². The van der Waals surface area contributed by atoms with Crippen molar-refractivity contribution in [2.45, 2.75) is 12.8 Å². The molecule has 1 aliphatic rings. The third kappa shape index (κ3) is 3.35. The maximum absolute atomic E-state index is 11.7. The van der Waals surface area contributed by atoms with Crippen molar-refractivity contribution in [3.63, 3.8) is 0 Å². The number of rotatable bonds is 5. The van der Waals surface area contributed by atoms with Crippen LogP contribution in [0.25, 0.3) is 0 Å². The van der Waals surface area contributed by atoms with Crippen molar-refractivity contribution in [2.75, 3.05) is 5.32 Å². The van der Waals surface area contributed by atoms with Crippen LogP contribution in [0.4, 0.5) is 11.5 Å². The minimum absolute atomic E-state index is 0. The number of ether oxygens (including phenoxy) is 1. The molecule has 1 aromatic heterocycles. The van der Waals surface area contributed by atoms with E-state index in [2.05, 4.69) is 15.3 Å². The number of non-ortho nitro benzene ring substituents is 1. The van der Waals surface area contributed by atoms with Crippen LogP contribution < -0.4 is 10.1 Å². The van der Waals surface area contributed by atoms with Crippen LogP contribution in [0.3, 0.4) is 0 Å². The number of nitro groups is 1. The van der Waals surface area contributed by atoms with Crippen LogP contribution in [-0.2, 0) is 4.79 Å². The lowest BCUT2D eigenvalue weighted by atomic mass is 10.3. The fraction of sp³-hybridized carbons (Fsp3) is 0.214. The maximum atomic E-state index is 11.7. The van der Waals surface area contributed by atoms with E-state index in [4.69, 9.17) is 4.74 Å². The molecule has 1 aromatic carbocycles. The van der Waals surface area contributed by atoms with Crippen LogP contribution in [0.1, 0.15) is 14.3 Å². The van der Waals surface area contributed by atoms with Gasteiger partial charge in [0, 0.05) is 25.5 Å². The molecule has 3 rings (SSSR count). The van der Waals surface area contributed by atoms with Crippen LogP contribution in [0.15, 0.2) is 36.7 Å². The normalized spacial score (nSPS) is 13.5. The number of nitro benzene ring substituents is 1. The Kier molecular flexibility index (Phi) is 3.65. The van der Waals surface area contributed by atoms with Crippen LogP contribution in [0.5, 0.6) is 11.6 Å². The molecule has 1 amide bonds. The first-order chi connectivity index (χ1) is 10.6. The highest BCUT2D eigenvalue weighted by molar-refractivity contribution is 5.93. The first kappa shape index (κ1) is 13.9. The SMILES string of the molecule is O=C(Nc1cc(Oc2ccc([N+](=O)[O-])cc2)ncn1)C1CC1.[HH]. The number of carbonyl (C=O) groups is 1. The van der Waals surface area contributed by atoms with Crippen molar-refractivity contribution in [3.8, 4) is 11.6 Å². The summed E-state index contributed by atoms with van der Waals surface area (Å²) in [6.45, 7) is 0. The average molecular weight is 302 g/mol. The Balaban J connectivity index is 0.00000192. The molecular formula is C14H14N4O4. The van der Waals surface area contributed by atoms with Gasteiger partial charge in [-0.3, -0.25) is 14.9 Å². The van der Waals surface area contributed by atoms with Crippen LogP contribution in [0, 0.1) is 16.0 Å². The zero-order valence-corrected chi connectivity index (χ0v) is 11.4. The lowest BCUT2D eigenvalue weighted by molar-refractivity contribution is -0.384. The Morgan fingerprint density at radius 1 is 1.32 bits per heavy atom. The molecule has 114 valence electrons. The van der Waals surface area contributed by atoms with E-state index in [0.717, 1.165) is 12.8 Å². The molecule has 8 heteroatoms. The van der Waals surface area contributed by atoms with Crippen molar-refractivity contribution >= 4 is 17.4 Å². The van der Waals surface area contributed by atoms with Crippen molar-refractivity contribution in [3.05, 3.63) is 46.8 Å². The highest BCUT2D eigenvalue weighted by Crippen LogP contribution is 2.30. The third-order valence-electron chi connectivity index (χ3n) is 3.11. The van der Waals surface area contributed by atoms with E-state index in [-0.39, 0.29) is 24.8 Å². The van der Waals surface area contributed by atoms with Gasteiger partial charge in [-0.2, -0.15) is 0 Å². The molecule has 1 N–H and O–H groups in total. The summed E-state index contributed by atoms with van der Waals surface area (Å²) < 4.78 is 5.49. The van der Waals surface area contributed by atoms with E-state index in [1.807, 2.05) is 0 Å². The molecule has 0 atom stereocenters. The molecular weight excluding hydrogens is 288 g/mol. The zero-order valence-electron chi connectivity index (χ0n) is 11.4. The molecule has 0 bridgehead atoms. The Morgan fingerprint density at radius 2 is 2.05 bits per heavy atom. The van der Waals surface area contributed by atoms with Gasteiger partial charge >= 0.3 is 0 Å². The number of nitrogens with zero attached hydrogens (tertiary/aromatic N) is 3. The largest absolute Gasteiger partial charge is 0.439 e.